The van der Waals surface area contributed by atoms with Crippen molar-refractivity contribution in [2.45, 2.75) is 45.0 Å². The molecule has 2 N–H and O–H groups in total. The van der Waals surface area contributed by atoms with Gasteiger partial charge in [0.05, 0.1) is 12.2 Å². The van der Waals surface area contributed by atoms with E-state index in [1.807, 2.05) is 38.1 Å². The van der Waals surface area contributed by atoms with Crippen LogP contribution >= 0.6 is 0 Å². The van der Waals surface area contributed by atoms with Crippen molar-refractivity contribution in [2.24, 2.45) is 5.92 Å². The molecule has 0 heterocycles. The second-order valence-corrected chi connectivity index (χ2v) is 4.98. The molecule has 0 radical (unpaired) electrons. The zero-order valence-electron chi connectivity index (χ0n) is 10.3. The highest BCUT2D eigenvalue weighted by molar-refractivity contribution is 5.36. The summed E-state index contributed by atoms with van der Waals surface area (Å²) in [6, 6.07) is 7.37. The van der Waals surface area contributed by atoms with Gasteiger partial charge in [0.25, 0.3) is 0 Å². The molecule has 17 heavy (non-hydrogen) atoms. The highest BCUT2D eigenvalue weighted by atomic mass is 16.5. The fourth-order valence-electron chi connectivity index (χ4n) is 1.97. The van der Waals surface area contributed by atoms with E-state index in [1.54, 1.807) is 0 Å². The second-order valence-electron chi connectivity index (χ2n) is 4.98. The molecule has 0 aromatic heterocycles. The number of aliphatic hydroxyl groups excluding tert-OH is 2. The molecule has 0 spiro atoms. The summed E-state index contributed by atoms with van der Waals surface area (Å²) in [7, 11) is 0. The number of para-hydroxylation sites is 1. The molecular formula is C14H20O3. The Balaban J connectivity index is 2.17. The Morgan fingerprint density at radius 3 is 2.41 bits per heavy atom. The maximum absolute atomic E-state index is 10.2. The molecule has 2 rings (SSSR count). The van der Waals surface area contributed by atoms with Crippen molar-refractivity contribution in [2.75, 3.05) is 0 Å². The van der Waals surface area contributed by atoms with E-state index in [2.05, 4.69) is 0 Å². The molecule has 2 unspecified atom stereocenters. The average molecular weight is 236 g/mol. The molecule has 3 nitrogen and oxygen atoms in total. The number of ether oxygens (including phenoxy) is 1. The third-order valence-electron chi connectivity index (χ3n) is 3.03. The van der Waals surface area contributed by atoms with Crippen LogP contribution in [-0.4, -0.2) is 22.4 Å². The Bertz CT molecular complexity index is 371. The Labute approximate surface area is 102 Å². The lowest BCUT2D eigenvalue weighted by molar-refractivity contribution is 0.00288. The van der Waals surface area contributed by atoms with Crippen molar-refractivity contribution in [3.63, 3.8) is 0 Å². The molecule has 0 aliphatic heterocycles. The summed E-state index contributed by atoms with van der Waals surface area (Å²) in [6.07, 6.45) is 0.544. The van der Waals surface area contributed by atoms with Crippen LogP contribution in [0.1, 0.15) is 38.4 Å². The standard InChI is InChI=1S/C14H20O3/c1-9(2)17-12-6-4-3-5-11(12)14(16)13(15)10-7-8-10/h3-6,9-10,13-16H,7-8H2,1-2H3. The molecule has 0 amide bonds. The van der Waals surface area contributed by atoms with E-state index in [1.165, 1.54) is 0 Å². The predicted molar refractivity (Wildman–Crippen MR) is 65.9 cm³/mol. The van der Waals surface area contributed by atoms with Gasteiger partial charge in [-0.15, -0.1) is 0 Å². The number of rotatable bonds is 5. The van der Waals surface area contributed by atoms with Crippen LogP contribution in [0, 0.1) is 5.92 Å². The zero-order valence-corrected chi connectivity index (χ0v) is 10.3. The first-order valence-electron chi connectivity index (χ1n) is 6.21. The first kappa shape index (κ1) is 12.4. The fourth-order valence-corrected chi connectivity index (χ4v) is 1.97. The Kier molecular flexibility index (Phi) is 3.69. The van der Waals surface area contributed by atoms with Gasteiger partial charge in [0.15, 0.2) is 0 Å². The van der Waals surface area contributed by atoms with Crippen LogP contribution in [0.15, 0.2) is 24.3 Å². The van der Waals surface area contributed by atoms with E-state index in [0.717, 1.165) is 12.8 Å². The highest BCUT2D eigenvalue weighted by Gasteiger charge is 2.36. The minimum absolute atomic E-state index is 0.0569. The summed E-state index contributed by atoms with van der Waals surface area (Å²) >= 11 is 0. The summed E-state index contributed by atoms with van der Waals surface area (Å²) in [5.41, 5.74) is 0.681. The first-order valence-corrected chi connectivity index (χ1v) is 6.21. The monoisotopic (exact) mass is 236 g/mol. The van der Waals surface area contributed by atoms with E-state index in [-0.39, 0.29) is 12.0 Å². The summed E-state index contributed by atoms with van der Waals surface area (Å²) < 4.78 is 5.65. The summed E-state index contributed by atoms with van der Waals surface area (Å²) in [5.74, 6) is 0.909. The van der Waals surface area contributed by atoms with Gasteiger partial charge in [0, 0.05) is 5.56 Å². The average Bonchev–Trinajstić information content (AvgIpc) is 3.11. The molecule has 0 bridgehead atoms. The zero-order chi connectivity index (χ0) is 12.4. The van der Waals surface area contributed by atoms with E-state index in [0.29, 0.717) is 11.3 Å². The molecule has 1 aliphatic rings. The maximum Gasteiger partial charge on any atom is 0.125 e. The molecular weight excluding hydrogens is 216 g/mol. The van der Waals surface area contributed by atoms with Crippen molar-refractivity contribution in [3.8, 4) is 5.75 Å². The molecule has 1 aliphatic carbocycles. The van der Waals surface area contributed by atoms with Gasteiger partial charge < -0.3 is 14.9 Å². The Morgan fingerprint density at radius 1 is 1.18 bits per heavy atom. The quantitative estimate of drug-likeness (QED) is 0.824. The van der Waals surface area contributed by atoms with Gasteiger partial charge in [0.1, 0.15) is 11.9 Å². The highest BCUT2D eigenvalue weighted by Crippen LogP contribution is 2.40. The largest absolute Gasteiger partial charge is 0.491 e. The Hall–Kier alpha value is -1.06. The third kappa shape index (κ3) is 2.99. The number of benzene rings is 1. The van der Waals surface area contributed by atoms with Gasteiger partial charge >= 0.3 is 0 Å². The SMILES string of the molecule is CC(C)Oc1ccccc1C(O)C(O)C1CC1. The normalized spacial score (nSPS) is 19.1. The first-order chi connectivity index (χ1) is 8.09. The summed E-state index contributed by atoms with van der Waals surface area (Å²) in [4.78, 5) is 0. The van der Waals surface area contributed by atoms with Crippen molar-refractivity contribution < 1.29 is 14.9 Å². The molecule has 1 saturated carbocycles. The molecule has 1 aromatic carbocycles. The van der Waals surface area contributed by atoms with Gasteiger partial charge in [-0.2, -0.15) is 0 Å². The molecule has 3 heteroatoms. The number of aliphatic hydroxyl groups is 2. The van der Waals surface area contributed by atoms with Crippen LogP contribution in [-0.2, 0) is 0 Å². The van der Waals surface area contributed by atoms with Crippen LogP contribution in [0.4, 0.5) is 0 Å². The van der Waals surface area contributed by atoms with Crippen LogP contribution < -0.4 is 4.74 Å². The van der Waals surface area contributed by atoms with Crippen LogP contribution in [0.25, 0.3) is 0 Å². The van der Waals surface area contributed by atoms with Crippen LogP contribution in [0.3, 0.4) is 0 Å². The van der Waals surface area contributed by atoms with Crippen LogP contribution in [0.2, 0.25) is 0 Å². The topological polar surface area (TPSA) is 49.7 Å². The predicted octanol–water partition coefficient (Wildman–Crippen LogP) is 2.28. The van der Waals surface area contributed by atoms with Gasteiger partial charge in [0.2, 0.25) is 0 Å². The van der Waals surface area contributed by atoms with Crippen molar-refractivity contribution in [3.05, 3.63) is 29.8 Å². The van der Waals surface area contributed by atoms with Gasteiger partial charge in [-0.25, -0.2) is 0 Å². The van der Waals surface area contributed by atoms with E-state index >= 15 is 0 Å². The van der Waals surface area contributed by atoms with E-state index in [4.69, 9.17) is 4.74 Å². The third-order valence-corrected chi connectivity index (χ3v) is 3.03. The molecule has 1 fully saturated rings. The minimum Gasteiger partial charge on any atom is -0.491 e. The minimum atomic E-state index is -0.850. The Morgan fingerprint density at radius 2 is 1.82 bits per heavy atom. The molecule has 0 saturated heterocycles. The summed E-state index contributed by atoms with van der Waals surface area (Å²) in [5, 5.41) is 20.1. The van der Waals surface area contributed by atoms with E-state index in [9.17, 15) is 10.2 Å². The lowest BCUT2D eigenvalue weighted by Crippen LogP contribution is -2.21. The van der Waals surface area contributed by atoms with Crippen molar-refractivity contribution >= 4 is 0 Å². The van der Waals surface area contributed by atoms with Gasteiger partial charge in [-0.3, -0.25) is 0 Å². The number of hydrogen-bond acceptors (Lipinski definition) is 3. The lowest BCUT2D eigenvalue weighted by atomic mass is 10.0. The van der Waals surface area contributed by atoms with Crippen LogP contribution in [0.5, 0.6) is 5.75 Å². The van der Waals surface area contributed by atoms with Gasteiger partial charge in [-0.05, 0) is 38.7 Å². The van der Waals surface area contributed by atoms with E-state index < -0.39 is 12.2 Å². The van der Waals surface area contributed by atoms with Gasteiger partial charge in [-0.1, -0.05) is 18.2 Å². The number of hydrogen-bond donors (Lipinski definition) is 2. The molecule has 2 atom stereocenters. The second kappa shape index (κ2) is 5.07. The smallest absolute Gasteiger partial charge is 0.125 e. The fraction of sp³-hybridized carbons (Fsp3) is 0.571. The molecule has 1 aromatic rings. The summed E-state index contributed by atoms with van der Waals surface area (Å²) in [6.45, 7) is 3.89. The molecule has 94 valence electrons. The van der Waals surface area contributed by atoms with Crippen molar-refractivity contribution in [1.29, 1.82) is 0 Å². The van der Waals surface area contributed by atoms with Crippen molar-refractivity contribution in [1.82, 2.24) is 0 Å². The maximum atomic E-state index is 10.2. The lowest BCUT2D eigenvalue weighted by Gasteiger charge is -2.21.